The summed E-state index contributed by atoms with van der Waals surface area (Å²) in [5.74, 6) is -0.800. The van der Waals surface area contributed by atoms with E-state index in [1.165, 1.54) is 12.1 Å². The van der Waals surface area contributed by atoms with Crippen LogP contribution in [-0.2, 0) is 4.79 Å². The van der Waals surface area contributed by atoms with Crippen molar-refractivity contribution >= 4 is 34.8 Å². The van der Waals surface area contributed by atoms with Crippen LogP contribution in [0.25, 0.3) is 0 Å². The molecule has 2 aromatic carbocycles. The van der Waals surface area contributed by atoms with Gasteiger partial charge in [0, 0.05) is 29.0 Å². The van der Waals surface area contributed by atoms with Gasteiger partial charge in [0.2, 0.25) is 0 Å². The molecule has 0 bridgehead atoms. The molecule has 0 fully saturated rings. The van der Waals surface area contributed by atoms with E-state index in [1.807, 2.05) is 24.3 Å². The molecular formula is C20H24ClN3O3. The zero-order chi connectivity index (χ0) is 20.0. The molecule has 2 amide bonds. The Morgan fingerprint density at radius 2 is 1.85 bits per heavy atom. The van der Waals surface area contributed by atoms with Gasteiger partial charge in [0.25, 0.3) is 11.8 Å². The van der Waals surface area contributed by atoms with Crippen LogP contribution in [-0.4, -0.2) is 31.0 Å². The van der Waals surface area contributed by atoms with Crippen molar-refractivity contribution in [2.75, 3.05) is 23.4 Å². The van der Waals surface area contributed by atoms with Gasteiger partial charge in [-0.2, -0.15) is 0 Å². The van der Waals surface area contributed by atoms with E-state index in [-0.39, 0.29) is 23.8 Å². The SMILES string of the molecule is CCN(c1ccc(NC(=O)COc2ccc(Cl)cc2C(N)=O)cc1)C(C)C. The summed E-state index contributed by atoms with van der Waals surface area (Å²) in [5, 5.41) is 3.13. The largest absolute Gasteiger partial charge is 0.483 e. The van der Waals surface area contributed by atoms with Gasteiger partial charge in [0.1, 0.15) is 5.75 Å². The molecule has 3 N–H and O–H groups in total. The predicted molar refractivity (Wildman–Crippen MR) is 109 cm³/mol. The molecule has 0 aliphatic heterocycles. The van der Waals surface area contributed by atoms with Crippen molar-refractivity contribution in [3.05, 3.63) is 53.1 Å². The Kier molecular flexibility index (Phi) is 7.07. The molecule has 6 nitrogen and oxygen atoms in total. The van der Waals surface area contributed by atoms with Crippen LogP contribution in [0.3, 0.4) is 0 Å². The number of benzene rings is 2. The minimum atomic E-state index is -0.672. The number of rotatable bonds is 8. The second kappa shape index (κ2) is 9.28. The molecule has 0 spiro atoms. The molecular weight excluding hydrogens is 366 g/mol. The van der Waals surface area contributed by atoms with Gasteiger partial charge in [-0.05, 0) is 63.2 Å². The van der Waals surface area contributed by atoms with Crippen LogP contribution < -0.4 is 20.7 Å². The van der Waals surface area contributed by atoms with Crippen LogP contribution in [0.5, 0.6) is 5.75 Å². The Morgan fingerprint density at radius 3 is 2.41 bits per heavy atom. The minimum absolute atomic E-state index is 0.132. The van der Waals surface area contributed by atoms with Crippen LogP contribution in [0.4, 0.5) is 11.4 Å². The molecule has 0 aromatic heterocycles. The number of amides is 2. The van der Waals surface area contributed by atoms with Crippen molar-refractivity contribution in [3.63, 3.8) is 0 Å². The third-order valence-electron chi connectivity index (χ3n) is 4.01. The molecule has 0 aliphatic rings. The first-order valence-corrected chi connectivity index (χ1v) is 9.08. The van der Waals surface area contributed by atoms with Gasteiger partial charge in [-0.25, -0.2) is 0 Å². The number of primary amides is 1. The number of nitrogens with zero attached hydrogens (tertiary/aromatic N) is 1. The van der Waals surface area contributed by atoms with Crippen molar-refractivity contribution in [2.24, 2.45) is 5.73 Å². The van der Waals surface area contributed by atoms with Crippen LogP contribution in [0.15, 0.2) is 42.5 Å². The zero-order valence-electron chi connectivity index (χ0n) is 15.7. The second-order valence-electron chi connectivity index (χ2n) is 6.27. The third kappa shape index (κ3) is 5.62. The van der Waals surface area contributed by atoms with Crippen LogP contribution in [0, 0.1) is 0 Å². The van der Waals surface area contributed by atoms with Crippen molar-refractivity contribution in [1.82, 2.24) is 0 Å². The molecule has 7 heteroatoms. The maximum Gasteiger partial charge on any atom is 0.262 e. The average Bonchev–Trinajstić information content (AvgIpc) is 2.62. The lowest BCUT2D eigenvalue weighted by Gasteiger charge is -2.27. The van der Waals surface area contributed by atoms with E-state index < -0.39 is 5.91 Å². The topological polar surface area (TPSA) is 84.7 Å². The fourth-order valence-electron chi connectivity index (χ4n) is 2.74. The first-order chi connectivity index (χ1) is 12.8. The number of nitrogens with one attached hydrogen (secondary N) is 1. The monoisotopic (exact) mass is 389 g/mol. The third-order valence-corrected chi connectivity index (χ3v) is 4.25. The van der Waals surface area contributed by atoms with Crippen molar-refractivity contribution in [3.8, 4) is 5.75 Å². The van der Waals surface area contributed by atoms with E-state index in [2.05, 4.69) is 31.0 Å². The number of ether oxygens (including phenoxy) is 1. The van der Waals surface area contributed by atoms with Gasteiger partial charge in [-0.15, -0.1) is 0 Å². The summed E-state index contributed by atoms with van der Waals surface area (Å²) in [6, 6.07) is 12.5. The number of hydrogen-bond donors (Lipinski definition) is 2. The van der Waals surface area contributed by atoms with E-state index >= 15 is 0 Å². The summed E-state index contributed by atoms with van der Waals surface area (Å²) in [6.07, 6.45) is 0. The minimum Gasteiger partial charge on any atom is -0.483 e. The molecule has 2 aromatic rings. The number of anilines is 2. The van der Waals surface area contributed by atoms with Crippen LogP contribution >= 0.6 is 11.6 Å². The normalized spacial score (nSPS) is 10.6. The van der Waals surface area contributed by atoms with Crippen molar-refractivity contribution < 1.29 is 14.3 Å². The Balaban J connectivity index is 1.98. The molecule has 0 radical (unpaired) electrons. The highest BCUT2D eigenvalue weighted by atomic mass is 35.5. The predicted octanol–water partition coefficient (Wildman–Crippen LogP) is 3.69. The first-order valence-electron chi connectivity index (χ1n) is 8.70. The summed E-state index contributed by atoms with van der Waals surface area (Å²) >= 11 is 5.85. The maximum atomic E-state index is 12.1. The Morgan fingerprint density at radius 1 is 1.19 bits per heavy atom. The summed E-state index contributed by atoms with van der Waals surface area (Å²) in [5.41, 5.74) is 7.19. The fourth-order valence-corrected chi connectivity index (χ4v) is 2.92. The van der Waals surface area contributed by atoms with Crippen molar-refractivity contribution in [1.29, 1.82) is 0 Å². The number of halogens is 1. The molecule has 2 rings (SSSR count). The molecule has 144 valence electrons. The number of hydrogen-bond acceptors (Lipinski definition) is 4. The molecule has 0 aliphatic carbocycles. The number of carbonyl (C=O) groups excluding carboxylic acids is 2. The van der Waals surface area contributed by atoms with E-state index in [1.54, 1.807) is 6.07 Å². The first kappa shape index (κ1) is 20.6. The maximum absolute atomic E-state index is 12.1. The van der Waals surface area contributed by atoms with Gasteiger partial charge in [0.05, 0.1) is 5.56 Å². The number of carbonyl (C=O) groups is 2. The molecule has 27 heavy (non-hydrogen) atoms. The van der Waals surface area contributed by atoms with Crippen LogP contribution in [0.2, 0.25) is 5.02 Å². The highest BCUT2D eigenvalue weighted by molar-refractivity contribution is 6.31. The Bertz CT molecular complexity index is 807. The standard InChI is InChI=1S/C20H24ClN3O3/c1-4-24(13(2)3)16-8-6-15(7-9-16)23-19(25)12-27-18-10-5-14(21)11-17(18)20(22)26/h5-11,13H,4,12H2,1-3H3,(H2,22,26)(H,23,25). The van der Waals surface area contributed by atoms with E-state index in [0.29, 0.717) is 16.8 Å². The van der Waals surface area contributed by atoms with E-state index in [0.717, 1.165) is 12.2 Å². The van der Waals surface area contributed by atoms with Gasteiger partial charge in [-0.1, -0.05) is 11.6 Å². The van der Waals surface area contributed by atoms with Gasteiger partial charge >= 0.3 is 0 Å². The number of nitrogens with two attached hydrogens (primary N) is 1. The quantitative estimate of drug-likeness (QED) is 0.721. The summed E-state index contributed by atoms with van der Waals surface area (Å²) in [7, 11) is 0. The van der Waals surface area contributed by atoms with Crippen molar-refractivity contribution in [2.45, 2.75) is 26.8 Å². The lowest BCUT2D eigenvalue weighted by Crippen LogP contribution is -2.30. The highest BCUT2D eigenvalue weighted by Crippen LogP contribution is 2.23. The van der Waals surface area contributed by atoms with Crippen LogP contribution in [0.1, 0.15) is 31.1 Å². The molecule has 0 unspecified atom stereocenters. The molecule has 0 atom stereocenters. The zero-order valence-corrected chi connectivity index (χ0v) is 16.4. The lowest BCUT2D eigenvalue weighted by atomic mass is 10.2. The molecule has 0 saturated carbocycles. The van der Waals surface area contributed by atoms with Gasteiger partial charge < -0.3 is 20.7 Å². The Hall–Kier alpha value is -2.73. The van der Waals surface area contributed by atoms with E-state index in [4.69, 9.17) is 22.1 Å². The molecule has 0 saturated heterocycles. The fraction of sp³-hybridized carbons (Fsp3) is 0.300. The molecule has 0 heterocycles. The second-order valence-corrected chi connectivity index (χ2v) is 6.70. The Labute approximate surface area is 164 Å². The smallest absolute Gasteiger partial charge is 0.262 e. The van der Waals surface area contributed by atoms with Gasteiger partial charge in [-0.3, -0.25) is 9.59 Å². The van der Waals surface area contributed by atoms with Gasteiger partial charge in [0.15, 0.2) is 6.61 Å². The summed E-state index contributed by atoms with van der Waals surface area (Å²) in [4.78, 5) is 25.8. The summed E-state index contributed by atoms with van der Waals surface area (Å²) in [6.45, 7) is 7.02. The summed E-state index contributed by atoms with van der Waals surface area (Å²) < 4.78 is 5.42. The van der Waals surface area contributed by atoms with E-state index in [9.17, 15) is 9.59 Å². The highest BCUT2D eigenvalue weighted by Gasteiger charge is 2.13. The lowest BCUT2D eigenvalue weighted by molar-refractivity contribution is -0.118. The average molecular weight is 390 g/mol.